The highest BCUT2D eigenvalue weighted by atomic mass is 16.2. The van der Waals surface area contributed by atoms with Gasteiger partial charge in [-0.25, -0.2) is 4.98 Å². The van der Waals surface area contributed by atoms with Crippen molar-refractivity contribution < 1.29 is 4.79 Å². The van der Waals surface area contributed by atoms with Crippen LogP contribution in [0, 0.1) is 0 Å². The van der Waals surface area contributed by atoms with Crippen molar-refractivity contribution in [3.8, 4) is 0 Å². The Morgan fingerprint density at radius 2 is 2.19 bits per heavy atom. The number of nitrogens with zero attached hydrogens (tertiary/aromatic N) is 2. The van der Waals surface area contributed by atoms with Crippen LogP contribution in [-0.4, -0.2) is 35.4 Å². The molecule has 1 aromatic rings. The number of hydrogen-bond acceptors (Lipinski definition) is 3. The number of carbonyl (C=O) groups excluding carboxylic acids is 1. The van der Waals surface area contributed by atoms with Crippen LogP contribution in [0.5, 0.6) is 0 Å². The Kier molecular flexibility index (Phi) is 4.28. The Morgan fingerprint density at radius 3 is 2.62 bits per heavy atom. The maximum Gasteiger partial charge on any atom is 0.255 e. The molecule has 0 aliphatic rings. The average molecular weight is 221 g/mol. The number of rotatable bonds is 4. The van der Waals surface area contributed by atoms with Crippen LogP contribution in [0.4, 0.5) is 5.82 Å². The van der Waals surface area contributed by atoms with Gasteiger partial charge in [-0.15, -0.1) is 0 Å². The van der Waals surface area contributed by atoms with Gasteiger partial charge in [-0.05, 0) is 32.9 Å². The first-order chi connectivity index (χ1) is 7.56. The minimum atomic E-state index is 0.00514. The Hall–Kier alpha value is -1.58. The number of nitrogens with one attached hydrogen (secondary N) is 1. The molecule has 1 heterocycles. The molecule has 0 aromatic carbocycles. The molecule has 0 unspecified atom stereocenters. The zero-order valence-electron chi connectivity index (χ0n) is 10.3. The van der Waals surface area contributed by atoms with Gasteiger partial charge in [-0.2, -0.15) is 0 Å². The highest BCUT2D eigenvalue weighted by Crippen LogP contribution is 2.08. The largest absolute Gasteiger partial charge is 0.370 e. The lowest BCUT2D eigenvalue weighted by molar-refractivity contribution is 0.0754. The SMILES string of the molecule is CCNc1ccc(C(=O)N(C)C(C)C)cn1. The van der Waals surface area contributed by atoms with E-state index < -0.39 is 0 Å². The fourth-order valence-corrected chi connectivity index (χ4v) is 1.24. The third-order valence-electron chi connectivity index (χ3n) is 2.46. The second kappa shape index (κ2) is 5.49. The number of aromatic nitrogens is 1. The second-order valence-corrected chi connectivity index (χ2v) is 3.97. The number of anilines is 1. The van der Waals surface area contributed by atoms with Crippen molar-refractivity contribution in [3.05, 3.63) is 23.9 Å². The van der Waals surface area contributed by atoms with Gasteiger partial charge in [0.2, 0.25) is 0 Å². The quantitative estimate of drug-likeness (QED) is 0.845. The van der Waals surface area contributed by atoms with Gasteiger partial charge in [0.25, 0.3) is 5.91 Å². The van der Waals surface area contributed by atoms with Crippen LogP contribution in [0.25, 0.3) is 0 Å². The Balaban J connectivity index is 2.77. The van der Waals surface area contributed by atoms with Crippen molar-refractivity contribution in [3.63, 3.8) is 0 Å². The van der Waals surface area contributed by atoms with Gasteiger partial charge in [0.1, 0.15) is 5.82 Å². The zero-order chi connectivity index (χ0) is 12.1. The monoisotopic (exact) mass is 221 g/mol. The molecule has 0 aliphatic heterocycles. The van der Waals surface area contributed by atoms with E-state index in [0.29, 0.717) is 5.56 Å². The molecule has 0 aliphatic carbocycles. The van der Waals surface area contributed by atoms with Crippen LogP contribution >= 0.6 is 0 Å². The van der Waals surface area contributed by atoms with E-state index in [1.807, 2.05) is 26.8 Å². The summed E-state index contributed by atoms with van der Waals surface area (Å²) in [5.41, 5.74) is 0.623. The molecule has 0 atom stereocenters. The minimum Gasteiger partial charge on any atom is -0.370 e. The third-order valence-corrected chi connectivity index (χ3v) is 2.46. The van der Waals surface area contributed by atoms with Crippen molar-refractivity contribution in [2.45, 2.75) is 26.8 Å². The molecule has 4 nitrogen and oxygen atoms in total. The molecule has 1 aromatic heterocycles. The van der Waals surface area contributed by atoms with Crippen molar-refractivity contribution in [1.82, 2.24) is 9.88 Å². The fraction of sp³-hybridized carbons (Fsp3) is 0.500. The fourth-order valence-electron chi connectivity index (χ4n) is 1.24. The van der Waals surface area contributed by atoms with Gasteiger partial charge < -0.3 is 10.2 Å². The molecule has 1 rings (SSSR count). The summed E-state index contributed by atoms with van der Waals surface area (Å²) < 4.78 is 0. The lowest BCUT2D eigenvalue weighted by Crippen LogP contribution is -2.33. The summed E-state index contributed by atoms with van der Waals surface area (Å²) in [5, 5.41) is 3.09. The van der Waals surface area contributed by atoms with E-state index in [1.54, 1.807) is 24.2 Å². The predicted octanol–water partition coefficient (Wildman–Crippen LogP) is 1.99. The molecule has 0 spiro atoms. The molecule has 88 valence electrons. The van der Waals surface area contributed by atoms with E-state index in [4.69, 9.17) is 0 Å². The van der Waals surface area contributed by atoms with Crippen molar-refractivity contribution >= 4 is 11.7 Å². The number of pyridine rings is 1. The maximum absolute atomic E-state index is 11.9. The molecular weight excluding hydrogens is 202 g/mol. The first-order valence-electron chi connectivity index (χ1n) is 5.53. The second-order valence-electron chi connectivity index (χ2n) is 3.97. The van der Waals surface area contributed by atoms with E-state index in [0.717, 1.165) is 12.4 Å². The molecule has 16 heavy (non-hydrogen) atoms. The van der Waals surface area contributed by atoms with E-state index in [2.05, 4.69) is 10.3 Å². The van der Waals surface area contributed by atoms with Crippen LogP contribution < -0.4 is 5.32 Å². The topological polar surface area (TPSA) is 45.2 Å². The highest BCUT2D eigenvalue weighted by Gasteiger charge is 2.14. The number of carbonyl (C=O) groups is 1. The first-order valence-corrected chi connectivity index (χ1v) is 5.53. The van der Waals surface area contributed by atoms with Crippen LogP contribution in [0.1, 0.15) is 31.1 Å². The van der Waals surface area contributed by atoms with Crippen LogP contribution in [0.15, 0.2) is 18.3 Å². The van der Waals surface area contributed by atoms with Gasteiger partial charge in [-0.1, -0.05) is 0 Å². The lowest BCUT2D eigenvalue weighted by atomic mass is 10.2. The normalized spacial score (nSPS) is 10.3. The highest BCUT2D eigenvalue weighted by molar-refractivity contribution is 5.94. The van der Waals surface area contributed by atoms with E-state index in [1.165, 1.54) is 0 Å². The molecular formula is C12H19N3O. The summed E-state index contributed by atoms with van der Waals surface area (Å²) in [7, 11) is 1.80. The zero-order valence-corrected chi connectivity index (χ0v) is 10.3. The van der Waals surface area contributed by atoms with Crippen molar-refractivity contribution in [2.24, 2.45) is 0 Å². The molecule has 4 heteroatoms. The summed E-state index contributed by atoms with van der Waals surface area (Å²) in [6, 6.07) is 3.82. The summed E-state index contributed by atoms with van der Waals surface area (Å²) in [4.78, 5) is 17.8. The smallest absolute Gasteiger partial charge is 0.255 e. The number of amides is 1. The molecule has 0 saturated heterocycles. The van der Waals surface area contributed by atoms with Gasteiger partial charge >= 0.3 is 0 Å². The molecule has 1 N–H and O–H groups in total. The van der Waals surface area contributed by atoms with Gasteiger partial charge in [0, 0.05) is 25.8 Å². The van der Waals surface area contributed by atoms with Gasteiger partial charge in [0.05, 0.1) is 5.56 Å². The van der Waals surface area contributed by atoms with E-state index in [9.17, 15) is 4.79 Å². The minimum absolute atomic E-state index is 0.00514. The molecule has 1 amide bonds. The summed E-state index contributed by atoms with van der Waals surface area (Å²) in [6.07, 6.45) is 1.61. The average Bonchev–Trinajstić information content (AvgIpc) is 2.28. The van der Waals surface area contributed by atoms with E-state index in [-0.39, 0.29) is 11.9 Å². The standard InChI is InChI=1S/C12H19N3O/c1-5-13-11-7-6-10(8-14-11)12(16)15(4)9(2)3/h6-9H,5H2,1-4H3,(H,13,14). The van der Waals surface area contributed by atoms with Crippen molar-refractivity contribution in [1.29, 1.82) is 0 Å². The Bertz CT molecular complexity index is 346. The first kappa shape index (κ1) is 12.5. The Morgan fingerprint density at radius 1 is 1.50 bits per heavy atom. The summed E-state index contributed by atoms with van der Waals surface area (Å²) in [6.45, 7) is 6.80. The Labute approximate surface area is 96.7 Å². The van der Waals surface area contributed by atoms with Gasteiger partial charge in [0.15, 0.2) is 0 Å². The lowest BCUT2D eigenvalue weighted by Gasteiger charge is -2.21. The number of hydrogen-bond donors (Lipinski definition) is 1. The summed E-state index contributed by atoms with van der Waals surface area (Å²) >= 11 is 0. The van der Waals surface area contributed by atoms with Crippen LogP contribution in [0.2, 0.25) is 0 Å². The molecule has 0 radical (unpaired) electrons. The van der Waals surface area contributed by atoms with Crippen LogP contribution in [-0.2, 0) is 0 Å². The van der Waals surface area contributed by atoms with Crippen LogP contribution in [0.3, 0.4) is 0 Å². The van der Waals surface area contributed by atoms with Crippen molar-refractivity contribution in [2.75, 3.05) is 18.9 Å². The third kappa shape index (κ3) is 2.95. The predicted molar refractivity (Wildman–Crippen MR) is 65.6 cm³/mol. The maximum atomic E-state index is 11.9. The molecule has 0 fully saturated rings. The van der Waals surface area contributed by atoms with Gasteiger partial charge in [-0.3, -0.25) is 4.79 Å². The summed E-state index contributed by atoms with van der Waals surface area (Å²) in [5.74, 6) is 0.803. The molecule has 0 bridgehead atoms. The molecule has 0 saturated carbocycles. The van der Waals surface area contributed by atoms with E-state index >= 15 is 0 Å².